The van der Waals surface area contributed by atoms with Crippen LogP contribution in [-0.4, -0.2) is 37.8 Å². The van der Waals surface area contributed by atoms with Gasteiger partial charge in [-0.3, -0.25) is 4.79 Å². The van der Waals surface area contributed by atoms with Gasteiger partial charge in [-0.05, 0) is 60.7 Å². The quantitative estimate of drug-likeness (QED) is 0.814. The molecule has 22 heavy (non-hydrogen) atoms. The van der Waals surface area contributed by atoms with Crippen molar-refractivity contribution in [2.24, 2.45) is 5.92 Å². The molecule has 1 amide bonds. The average molecular weight is 409 g/mol. The van der Waals surface area contributed by atoms with Gasteiger partial charge in [0.1, 0.15) is 4.21 Å². The van der Waals surface area contributed by atoms with E-state index in [0.29, 0.717) is 23.7 Å². The van der Waals surface area contributed by atoms with Crippen LogP contribution in [0.25, 0.3) is 0 Å². The van der Waals surface area contributed by atoms with Crippen LogP contribution in [0.3, 0.4) is 0 Å². The first kappa shape index (κ1) is 17.9. The molecule has 1 saturated heterocycles. The molecule has 0 unspecified atom stereocenters. The highest BCUT2D eigenvalue weighted by molar-refractivity contribution is 9.11. The van der Waals surface area contributed by atoms with Crippen molar-refractivity contribution in [1.29, 1.82) is 0 Å². The zero-order valence-electron chi connectivity index (χ0n) is 12.7. The number of hydrogen-bond donors (Lipinski definition) is 1. The first-order valence-corrected chi connectivity index (χ1v) is 10.4. The molecular weight excluding hydrogens is 388 g/mol. The fourth-order valence-corrected chi connectivity index (χ4v) is 6.19. The number of amides is 1. The van der Waals surface area contributed by atoms with E-state index in [-0.39, 0.29) is 17.9 Å². The number of hydrogen-bond acceptors (Lipinski definition) is 4. The van der Waals surface area contributed by atoms with Crippen LogP contribution in [0.15, 0.2) is 20.1 Å². The predicted octanol–water partition coefficient (Wildman–Crippen LogP) is 2.83. The molecule has 8 heteroatoms. The van der Waals surface area contributed by atoms with E-state index >= 15 is 0 Å². The highest BCUT2D eigenvalue weighted by Gasteiger charge is 2.31. The third-order valence-corrected chi connectivity index (χ3v) is 7.63. The molecule has 124 valence electrons. The molecule has 1 aliphatic rings. The second-order valence-electron chi connectivity index (χ2n) is 5.83. The van der Waals surface area contributed by atoms with Crippen molar-refractivity contribution in [1.82, 2.24) is 9.62 Å². The van der Waals surface area contributed by atoms with E-state index in [1.165, 1.54) is 15.6 Å². The maximum absolute atomic E-state index is 12.5. The van der Waals surface area contributed by atoms with Crippen LogP contribution >= 0.6 is 27.3 Å². The van der Waals surface area contributed by atoms with Gasteiger partial charge in [0.2, 0.25) is 5.91 Å². The minimum atomic E-state index is -3.39. The molecule has 0 atom stereocenters. The summed E-state index contributed by atoms with van der Waals surface area (Å²) in [5.41, 5.74) is 0. The van der Waals surface area contributed by atoms with Crippen molar-refractivity contribution in [2.45, 2.75) is 43.4 Å². The summed E-state index contributed by atoms with van der Waals surface area (Å²) < 4.78 is 27.7. The molecule has 1 fully saturated rings. The predicted molar refractivity (Wildman–Crippen MR) is 91.4 cm³/mol. The number of nitrogens with zero attached hydrogens (tertiary/aromatic N) is 1. The lowest BCUT2D eigenvalue weighted by Crippen LogP contribution is -2.40. The molecule has 1 aromatic heterocycles. The summed E-state index contributed by atoms with van der Waals surface area (Å²) in [5.74, 6) is 0.318. The smallest absolute Gasteiger partial charge is 0.252 e. The Morgan fingerprint density at radius 1 is 1.41 bits per heavy atom. The molecule has 1 N–H and O–H groups in total. The summed E-state index contributed by atoms with van der Waals surface area (Å²) in [4.78, 5) is 11.8. The molecule has 0 radical (unpaired) electrons. The number of rotatable bonds is 5. The highest BCUT2D eigenvalue weighted by atomic mass is 79.9. The van der Waals surface area contributed by atoms with Crippen molar-refractivity contribution >= 4 is 43.2 Å². The number of sulfonamides is 1. The molecule has 0 bridgehead atoms. The van der Waals surface area contributed by atoms with E-state index in [1.54, 1.807) is 12.1 Å². The second-order valence-corrected chi connectivity index (χ2v) is 10.5. The zero-order chi connectivity index (χ0) is 16.3. The van der Waals surface area contributed by atoms with Gasteiger partial charge in [-0.15, -0.1) is 11.3 Å². The normalized spacial score (nSPS) is 17.8. The fraction of sp³-hybridized carbons (Fsp3) is 0.643. The topological polar surface area (TPSA) is 66.5 Å². The highest BCUT2D eigenvalue weighted by Crippen LogP contribution is 2.31. The van der Waals surface area contributed by atoms with E-state index in [1.807, 2.05) is 13.8 Å². The number of piperidine rings is 1. The first-order valence-electron chi connectivity index (χ1n) is 7.34. The Balaban J connectivity index is 1.90. The molecule has 1 aromatic rings. The molecule has 2 rings (SSSR count). The van der Waals surface area contributed by atoms with Crippen LogP contribution in [0, 0.1) is 5.92 Å². The minimum Gasteiger partial charge on any atom is -0.354 e. The Morgan fingerprint density at radius 3 is 2.55 bits per heavy atom. The standard InChI is InChI=1S/C14H21BrN2O3S2/c1-10(2)16-13(18)9-11-5-7-17(8-6-11)22(19,20)14-4-3-12(15)21-14/h3-4,10-11H,5-9H2,1-2H3,(H,16,18). The summed E-state index contributed by atoms with van der Waals surface area (Å²) in [6, 6.07) is 3.53. The molecule has 1 aliphatic heterocycles. The van der Waals surface area contributed by atoms with Gasteiger partial charge in [-0.2, -0.15) is 4.31 Å². The summed E-state index contributed by atoms with van der Waals surface area (Å²) in [7, 11) is -3.39. The lowest BCUT2D eigenvalue weighted by molar-refractivity contribution is -0.122. The zero-order valence-corrected chi connectivity index (χ0v) is 15.9. The van der Waals surface area contributed by atoms with Crippen molar-refractivity contribution in [2.75, 3.05) is 13.1 Å². The number of carbonyl (C=O) groups excluding carboxylic acids is 1. The third kappa shape index (κ3) is 4.53. The van der Waals surface area contributed by atoms with Gasteiger partial charge >= 0.3 is 0 Å². The van der Waals surface area contributed by atoms with Crippen molar-refractivity contribution in [3.63, 3.8) is 0 Å². The third-order valence-electron chi connectivity index (χ3n) is 3.64. The molecule has 0 aliphatic carbocycles. The number of halogens is 1. The van der Waals surface area contributed by atoms with Crippen LogP contribution < -0.4 is 5.32 Å². The Morgan fingerprint density at radius 2 is 2.05 bits per heavy atom. The lowest BCUT2D eigenvalue weighted by atomic mass is 9.94. The molecular formula is C14H21BrN2O3S2. The van der Waals surface area contributed by atoms with Crippen LogP contribution in [0.4, 0.5) is 0 Å². The van der Waals surface area contributed by atoms with Gasteiger partial charge in [0.05, 0.1) is 3.79 Å². The summed E-state index contributed by atoms with van der Waals surface area (Å²) in [6.45, 7) is 4.84. The maximum Gasteiger partial charge on any atom is 0.252 e. The van der Waals surface area contributed by atoms with Crippen molar-refractivity contribution < 1.29 is 13.2 Å². The summed E-state index contributed by atoms with van der Waals surface area (Å²) >= 11 is 4.53. The van der Waals surface area contributed by atoms with E-state index < -0.39 is 10.0 Å². The van der Waals surface area contributed by atoms with Crippen LogP contribution in [0.1, 0.15) is 33.1 Å². The van der Waals surface area contributed by atoms with Gasteiger partial charge < -0.3 is 5.32 Å². The van der Waals surface area contributed by atoms with Crippen molar-refractivity contribution in [3.8, 4) is 0 Å². The molecule has 2 heterocycles. The fourth-order valence-electron chi connectivity index (χ4n) is 2.56. The average Bonchev–Trinajstić information content (AvgIpc) is 2.86. The number of carbonyl (C=O) groups is 1. The Hall–Kier alpha value is -0.440. The monoisotopic (exact) mass is 408 g/mol. The number of thiophene rings is 1. The largest absolute Gasteiger partial charge is 0.354 e. The van der Waals surface area contributed by atoms with Gasteiger partial charge in [-0.1, -0.05) is 0 Å². The first-order chi connectivity index (χ1) is 10.3. The molecule has 0 aromatic carbocycles. The van der Waals surface area contributed by atoms with E-state index in [4.69, 9.17) is 0 Å². The van der Waals surface area contributed by atoms with Crippen LogP contribution in [-0.2, 0) is 14.8 Å². The van der Waals surface area contributed by atoms with Gasteiger partial charge in [-0.25, -0.2) is 8.42 Å². The minimum absolute atomic E-state index is 0.0542. The lowest BCUT2D eigenvalue weighted by Gasteiger charge is -2.30. The van der Waals surface area contributed by atoms with Gasteiger partial charge in [0.15, 0.2) is 0 Å². The maximum atomic E-state index is 12.5. The summed E-state index contributed by atoms with van der Waals surface area (Å²) in [5, 5.41) is 2.89. The Bertz CT molecular complexity index is 620. The number of nitrogens with one attached hydrogen (secondary N) is 1. The molecule has 5 nitrogen and oxygen atoms in total. The van der Waals surface area contributed by atoms with E-state index in [0.717, 1.165) is 16.6 Å². The molecule has 0 saturated carbocycles. The van der Waals surface area contributed by atoms with Gasteiger partial charge in [0, 0.05) is 25.6 Å². The van der Waals surface area contributed by atoms with Crippen LogP contribution in [0.5, 0.6) is 0 Å². The summed E-state index contributed by atoms with van der Waals surface area (Å²) in [6.07, 6.45) is 1.95. The second kappa shape index (κ2) is 7.42. The molecule has 0 spiro atoms. The van der Waals surface area contributed by atoms with E-state index in [2.05, 4.69) is 21.2 Å². The van der Waals surface area contributed by atoms with Gasteiger partial charge in [0.25, 0.3) is 10.0 Å². The van der Waals surface area contributed by atoms with Crippen molar-refractivity contribution in [3.05, 3.63) is 15.9 Å². The van der Waals surface area contributed by atoms with E-state index in [9.17, 15) is 13.2 Å². The Kier molecular flexibility index (Phi) is 6.04. The SMILES string of the molecule is CC(C)NC(=O)CC1CCN(S(=O)(=O)c2ccc(Br)s2)CC1. The Labute approximate surface area is 144 Å². The van der Waals surface area contributed by atoms with Crippen LogP contribution in [0.2, 0.25) is 0 Å².